The molecule has 0 aliphatic carbocycles. The Balaban J connectivity index is 2.27. The molecule has 1 saturated heterocycles. The van der Waals surface area contributed by atoms with Crippen LogP contribution in [-0.4, -0.2) is 37.7 Å². The van der Waals surface area contributed by atoms with Gasteiger partial charge >= 0.3 is 0 Å². The lowest BCUT2D eigenvalue weighted by atomic mass is 10.1. The van der Waals surface area contributed by atoms with Crippen molar-refractivity contribution in [3.63, 3.8) is 0 Å². The molecule has 1 heterocycles. The molecule has 4 heteroatoms. The first-order chi connectivity index (χ1) is 8.13. The third-order valence-electron chi connectivity index (χ3n) is 2.96. The molecular weight excluding hydrogens is 219 g/mol. The maximum absolute atomic E-state index is 13.4. The smallest absolute Gasteiger partial charge is 0.144 e. The molecule has 0 bridgehead atoms. The lowest BCUT2D eigenvalue weighted by molar-refractivity contribution is 0.0275. The maximum Gasteiger partial charge on any atom is 0.144 e. The summed E-state index contributed by atoms with van der Waals surface area (Å²) in [6.07, 6.45) is 6.12. The molecule has 0 radical (unpaired) electrons. The van der Waals surface area contributed by atoms with Gasteiger partial charge in [-0.25, -0.2) is 4.39 Å². The zero-order valence-corrected chi connectivity index (χ0v) is 10.8. The fourth-order valence-electron chi connectivity index (χ4n) is 1.84. The molecule has 0 unspecified atom stereocenters. The second-order valence-corrected chi connectivity index (χ2v) is 4.46. The van der Waals surface area contributed by atoms with Crippen LogP contribution < -0.4 is 5.73 Å². The van der Waals surface area contributed by atoms with Crippen molar-refractivity contribution in [1.29, 1.82) is 0 Å². The van der Waals surface area contributed by atoms with Crippen molar-refractivity contribution < 1.29 is 9.13 Å². The van der Waals surface area contributed by atoms with Crippen LogP contribution in [0.2, 0.25) is 0 Å². The molecule has 0 atom stereocenters. The summed E-state index contributed by atoms with van der Waals surface area (Å²) in [5, 5.41) is 0. The number of nitrogens with two attached hydrogens (primary N) is 1. The Kier molecular flexibility index (Phi) is 6.22. The average Bonchev–Trinajstić information content (AvgIpc) is 2.32. The Morgan fingerprint density at radius 1 is 1.41 bits per heavy atom. The number of halogens is 1. The van der Waals surface area contributed by atoms with Crippen LogP contribution in [0, 0.1) is 0 Å². The van der Waals surface area contributed by atoms with E-state index in [1.165, 1.54) is 6.08 Å². The number of hydrogen-bond donors (Lipinski definition) is 1. The van der Waals surface area contributed by atoms with Gasteiger partial charge in [0, 0.05) is 13.1 Å². The normalized spacial score (nSPS) is 20.9. The summed E-state index contributed by atoms with van der Waals surface area (Å²) in [6.45, 7) is 4.33. The van der Waals surface area contributed by atoms with Gasteiger partial charge in [0.15, 0.2) is 0 Å². The number of rotatable bonds is 5. The van der Waals surface area contributed by atoms with Crippen LogP contribution in [-0.2, 0) is 4.74 Å². The minimum atomic E-state index is -0.375. The van der Waals surface area contributed by atoms with E-state index in [9.17, 15) is 4.39 Å². The molecule has 3 nitrogen and oxygen atoms in total. The quantitative estimate of drug-likeness (QED) is 0.751. The fraction of sp³-hybridized carbons (Fsp3) is 0.692. The standard InChI is InChI=1S/C13H23FN2O/c1-3-4-13(15)12(14)7-10-17-11-5-8-16(2)9-6-11/h4,7,11H,3,5-6,8-10,15H2,1-2H3/b12-7+,13-4+. The highest BCUT2D eigenvalue weighted by Gasteiger charge is 2.16. The van der Waals surface area contributed by atoms with Gasteiger partial charge in [-0.15, -0.1) is 0 Å². The molecule has 1 rings (SSSR count). The molecule has 1 fully saturated rings. The molecule has 98 valence electrons. The number of likely N-dealkylation sites (tertiary alicyclic amines) is 1. The average molecular weight is 242 g/mol. The second kappa shape index (κ2) is 7.45. The Bertz CT molecular complexity index is 281. The third kappa shape index (κ3) is 5.33. The van der Waals surface area contributed by atoms with Gasteiger partial charge in [-0.3, -0.25) is 0 Å². The summed E-state index contributed by atoms with van der Waals surface area (Å²) < 4.78 is 19.0. The lowest BCUT2D eigenvalue weighted by Crippen LogP contribution is -2.34. The Hall–Kier alpha value is -0.870. The molecular formula is C13H23FN2O. The van der Waals surface area contributed by atoms with Crippen LogP contribution in [0.15, 0.2) is 23.7 Å². The molecule has 0 amide bonds. The van der Waals surface area contributed by atoms with E-state index < -0.39 is 0 Å². The predicted octanol–water partition coefficient (Wildman–Crippen LogP) is 2.20. The van der Waals surface area contributed by atoms with Gasteiger partial charge in [0.05, 0.1) is 18.4 Å². The van der Waals surface area contributed by atoms with Crippen molar-refractivity contribution in [2.45, 2.75) is 32.3 Å². The van der Waals surface area contributed by atoms with Gasteiger partial charge < -0.3 is 15.4 Å². The van der Waals surface area contributed by atoms with Crippen molar-refractivity contribution in [3.8, 4) is 0 Å². The summed E-state index contributed by atoms with van der Waals surface area (Å²) in [5.41, 5.74) is 5.73. The number of piperidine rings is 1. The van der Waals surface area contributed by atoms with Gasteiger partial charge in [0.25, 0.3) is 0 Å². The summed E-state index contributed by atoms with van der Waals surface area (Å²) in [4.78, 5) is 2.28. The largest absolute Gasteiger partial charge is 0.397 e. The number of allylic oxidation sites excluding steroid dienone is 2. The van der Waals surface area contributed by atoms with E-state index in [2.05, 4.69) is 11.9 Å². The van der Waals surface area contributed by atoms with Gasteiger partial charge in [-0.05, 0) is 32.4 Å². The Morgan fingerprint density at radius 2 is 2.06 bits per heavy atom. The van der Waals surface area contributed by atoms with Crippen LogP contribution >= 0.6 is 0 Å². The Labute approximate surface area is 103 Å². The minimum Gasteiger partial charge on any atom is -0.397 e. The second-order valence-electron chi connectivity index (χ2n) is 4.46. The van der Waals surface area contributed by atoms with Crippen LogP contribution in [0.3, 0.4) is 0 Å². The van der Waals surface area contributed by atoms with E-state index in [1.54, 1.807) is 6.08 Å². The lowest BCUT2D eigenvalue weighted by Gasteiger charge is -2.28. The third-order valence-corrected chi connectivity index (χ3v) is 2.96. The van der Waals surface area contributed by atoms with Crippen molar-refractivity contribution in [2.75, 3.05) is 26.7 Å². The zero-order chi connectivity index (χ0) is 12.7. The first-order valence-electron chi connectivity index (χ1n) is 6.25. The summed E-state index contributed by atoms with van der Waals surface area (Å²) in [7, 11) is 2.10. The highest BCUT2D eigenvalue weighted by molar-refractivity contribution is 5.21. The summed E-state index contributed by atoms with van der Waals surface area (Å²) in [6, 6.07) is 0. The first-order valence-corrected chi connectivity index (χ1v) is 6.25. The van der Waals surface area contributed by atoms with E-state index in [0.717, 1.165) is 32.4 Å². The minimum absolute atomic E-state index is 0.208. The monoisotopic (exact) mass is 242 g/mol. The molecule has 1 aliphatic heterocycles. The van der Waals surface area contributed by atoms with Crippen LogP contribution in [0.1, 0.15) is 26.2 Å². The van der Waals surface area contributed by atoms with Gasteiger partial charge in [-0.1, -0.05) is 13.0 Å². The van der Waals surface area contributed by atoms with E-state index in [1.807, 2.05) is 6.92 Å². The SMILES string of the molecule is CC/C=C(N)\C(F)=C/COC1CCN(C)CC1. The molecule has 0 saturated carbocycles. The predicted molar refractivity (Wildman–Crippen MR) is 68.2 cm³/mol. The highest BCUT2D eigenvalue weighted by Crippen LogP contribution is 2.13. The van der Waals surface area contributed by atoms with Crippen molar-refractivity contribution in [2.24, 2.45) is 5.73 Å². The van der Waals surface area contributed by atoms with Gasteiger partial charge in [-0.2, -0.15) is 0 Å². The molecule has 0 spiro atoms. The highest BCUT2D eigenvalue weighted by atomic mass is 19.1. The molecule has 0 aromatic rings. The van der Waals surface area contributed by atoms with Crippen LogP contribution in [0.5, 0.6) is 0 Å². The number of nitrogens with zero attached hydrogens (tertiary/aromatic N) is 1. The number of hydrogen-bond acceptors (Lipinski definition) is 3. The topological polar surface area (TPSA) is 38.5 Å². The van der Waals surface area contributed by atoms with Crippen LogP contribution in [0.25, 0.3) is 0 Å². The molecule has 1 aliphatic rings. The summed E-state index contributed by atoms with van der Waals surface area (Å²) in [5.74, 6) is -0.375. The summed E-state index contributed by atoms with van der Waals surface area (Å²) >= 11 is 0. The zero-order valence-electron chi connectivity index (χ0n) is 10.8. The van der Waals surface area contributed by atoms with Crippen molar-refractivity contribution in [3.05, 3.63) is 23.7 Å². The van der Waals surface area contributed by atoms with E-state index in [0.29, 0.717) is 6.61 Å². The molecule has 17 heavy (non-hydrogen) atoms. The van der Waals surface area contributed by atoms with E-state index in [-0.39, 0.29) is 17.6 Å². The first kappa shape index (κ1) is 14.2. The fourth-order valence-corrected chi connectivity index (χ4v) is 1.84. The molecule has 0 aromatic heterocycles. The van der Waals surface area contributed by atoms with Crippen molar-refractivity contribution in [1.82, 2.24) is 4.90 Å². The van der Waals surface area contributed by atoms with Crippen LogP contribution in [0.4, 0.5) is 4.39 Å². The van der Waals surface area contributed by atoms with Gasteiger partial charge in [0.1, 0.15) is 5.83 Å². The maximum atomic E-state index is 13.4. The van der Waals surface area contributed by atoms with E-state index >= 15 is 0 Å². The van der Waals surface area contributed by atoms with Gasteiger partial charge in [0.2, 0.25) is 0 Å². The Morgan fingerprint density at radius 3 is 2.65 bits per heavy atom. The van der Waals surface area contributed by atoms with E-state index in [4.69, 9.17) is 10.5 Å². The van der Waals surface area contributed by atoms with Crippen molar-refractivity contribution >= 4 is 0 Å². The molecule has 0 aromatic carbocycles. The molecule has 2 N–H and O–H groups in total. The number of ether oxygens (including phenoxy) is 1.